The number of ether oxygens (including phenoxy) is 2. The lowest BCUT2D eigenvalue weighted by atomic mass is 10.1. The summed E-state index contributed by atoms with van der Waals surface area (Å²) >= 11 is 0. The minimum atomic E-state index is -0.312. The molecule has 1 aromatic carbocycles. The standard InChI is InChI=1S/C30H35N7O3/c1-18-4-3-10-40-29-24(15-31-37(29)23-6-7-23)25-13-20(12-19(2)32-25)28(38)35-30-34-26-14-21(33-22-9-11-39-17-22)5-8-27(26)36(30)16-18/h5,8,12-15,18,22-23,33H,3-4,6-7,9-11,16-17H2,1-2H3,(H,34,35,38)/t18?,22-/m1/s1. The zero-order valence-corrected chi connectivity index (χ0v) is 23.0. The molecule has 2 N–H and O–H groups in total. The van der Waals surface area contributed by atoms with Crippen LogP contribution in [0.4, 0.5) is 17.1 Å². The number of nitrogens with one attached hydrogen (secondary N) is 2. The van der Waals surface area contributed by atoms with E-state index >= 15 is 0 Å². The highest BCUT2D eigenvalue weighted by molar-refractivity contribution is 6.19. The number of anilines is 3. The summed E-state index contributed by atoms with van der Waals surface area (Å²) in [5.41, 5.74) is 5.73. The summed E-state index contributed by atoms with van der Waals surface area (Å²) < 4.78 is 13.9. The summed E-state index contributed by atoms with van der Waals surface area (Å²) in [6.07, 6.45) is 6.91. The number of carbonyl (C=O) groups is 1. The third-order valence-corrected chi connectivity index (χ3v) is 7.99. The molecule has 7 rings (SSSR count). The van der Waals surface area contributed by atoms with Crippen LogP contribution in [0.2, 0.25) is 0 Å². The number of guanidine groups is 1. The number of aryl methyl sites for hydroxylation is 1. The average molecular weight is 542 g/mol. The van der Waals surface area contributed by atoms with Gasteiger partial charge in [0.2, 0.25) is 11.8 Å². The fraction of sp³-hybridized carbons (Fsp3) is 0.467. The second-order valence-corrected chi connectivity index (χ2v) is 11.4. The Labute approximate surface area is 233 Å². The number of aliphatic imine (C=N–C) groups is 1. The largest absolute Gasteiger partial charge is 0.477 e. The quantitative estimate of drug-likeness (QED) is 0.476. The van der Waals surface area contributed by atoms with Crippen molar-refractivity contribution >= 4 is 28.9 Å². The summed E-state index contributed by atoms with van der Waals surface area (Å²) in [5, 5.41) is 11.6. The molecule has 1 amide bonds. The molecule has 2 bridgehead atoms. The number of benzene rings is 1. The van der Waals surface area contributed by atoms with E-state index in [9.17, 15) is 4.79 Å². The lowest BCUT2D eigenvalue weighted by molar-refractivity contribution is 0.100. The second-order valence-electron chi connectivity index (χ2n) is 11.4. The van der Waals surface area contributed by atoms with E-state index in [1.54, 1.807) is 12.1 Å². The first kappa shape index (κ1) is 25.1. The SMILES string of the molecule is Cc1cc2cc(n1)-c1cnn(C3CC3)c1OCCCC(C)CN1/C(=N/C2=O)Nc2cc(N[C@@H]3CCOC3)ccc21. The van der Waals surface area contributed by atoms with Crippen molar-refractivity contribution in [1.29, 1.82) is 0 Å². The van der Waals surface area contributed by atoms with Gasteiger partial charge in [0.15, 0.2) is 0 Å². The Morgan fingerprint density at radius 2 is 2.00 bits per heavy atom. The number of aromatic nitrogens is 3. The Balaban J connectivity index is 1.24. The summed E-state index contributed by atoms with van der Waals surface area (Å²) in [6.45, 7) is 6.98. The summed E-state index contributed by atoms with van der Waals surface area (Å²) in [7, 11) is 0. The molecule has 208 valence electrons. The molecule has 0 spiro atoms. The van der Waals surface area contributed by atoms with Crippen molar-refractivity contribution in [2.24, 2.45) is 10.9 Å². The Hall–Kier alpha value is -3.92. The van der Waals surface area contributed by atoms with E-state index in [-0.39, 0.29) is 5.91 Å². The van der Waals surface area contributed by atoms with Gasteiger partial charge in [-0.25, -0.2) is 4.68 Å². The third kappa shape index (κ3) is 4.92. The molecular weight excluding hydrogens is 506 g/mol. The molecule has 3 aliphatic heterocycles. The monoisotopic (exact) mass is 541 g/mol. The van der Waals surface area contributed by atoms with Crippen LogP contribution < -0.4 is 20.3 Å². The highest BCUT2D eigenvalue weighted by Gasteiger charge is 2.31. The Morgan fingerprint density at radius 1 is 1.10 bits per heavy atom. The molecule has 1 saturated heterocycles. The molecule has 5 heterocycles. The molecule has 2 aromatic heterocycles. The first-order chi connectivity index (χ1) is 19.5. The fourth-order valence-corrected chi connectivity index (χ4v) is 5.76. The minimum absolute atomic E-state index is 0.312. The lowest BCUT2D eigenvalue weighted by Crippen LogP contribution is -2.35. The lowest BCUT2D eigenvalue weighted by Gasteiger charge is -2.23. The number of rotatable bonds is 3. The molecule has 40 heavy (non-hydrogen) atoms. The number of hydrogen-bond donors (Lipinski definition) is 2. The molecule has 2 fully saturated rings. The van der Waals surface area contributed by atoms with Crippen LogP contribution in [0.1, 0.15) is 61.1 Å². The molecule has 1 unspecified atom stereocenters. The van der Waals surface area contributed by atoms with Gasteiger partial charge in [0.1, 0.15) is 0 Å². The van der Waals surface area contributed by atoms with E-state index in [2.05, 4.69) is 50.7 Å². The van der Waals surface area contributed by atoms with E-state index in [0.29, 0.717) is 41.8 Å². The van der Waals surface area contributed by atoms with Crippen molar-refractivity contribution < 1.29 is 14.3 Å². The van der Waals surface area contributed by atoms with Crippen molar-refractivity contribution in [1.82, 2.24) is 14.8 Å². The Kier molecular flexibility index (Phi) is 6.42. The van der Waals surface area contributed by atoms with Gasteiger partial charge in [-0.2, -0.15) is 10.1 Å². The van der Waals surface area contributed by atoms with Crippen LogP contribution in [-0.2, 0) is 4.74 Å². The average Bonchev–Trinajstić information content (AvgIpc) is 3.33. The molecule has 10 heteroatoms. The van der Waals surface area contributed by atoms with Gasteiger partial charge in [0, 0.05) is 30.1 Å². The highest BCUT2D eigenvalue weighted by atomic mass is 16.5. The first-order valence-corrected chi connectivity index (χ1v) is 14.4. The fourth-order valence-electron chi connectivity index (χ4n) is 5.76. The number of carbonyl (C=O) groups excluding carboxylic acids is 1. The maximum atomic E-state index is 13.6. The van der Waals surface area contributed by atoms with E-state index in [0.717, 1.165) is 86.1 Å². The van der Waals surface area contributed by atoms with Gasteiger partial charge in [-0.15, -0.1) is 0 Å². The zero-order valence-electron chi connectivity index (χ0n) is 23.0. The van der Waals surface area contributed by atoms with Crippen LogP contribution in [-0.4, -0.2) is 59.0 Å². The zero-order chi connectivity index (χ0) is 27.2. The minimum Gasteiger partial charge on any atom is -0.477 e. The van der Waals surface area contributed by atoms with E-state index in [1.807, 2.05) is 17.8 Å². The summed E-state index contributed by atoms with van der Waals surface area (Å²) in [5.74, 6) is 1.34. The molecule has 1 aliphatic carbocycles. The summed E-state index contributed by atoms with van der Waals surface area (Å²) in [6, 6.07) is 10.6. The molecule has 4 aliphatic rings. The van der Waals surface area contributed by atoms with Crippen LogP contribution in [0.3, 0.4) is 0 Å². The topological polar surface area (TPSA) is 106 Å². The predicted octanol–water partition coefficient (Wildman–Crippen LogP) is 5.03. The van der Waals surface area contributed by atoms with Crippen molar-refractivity contribution in [2.45, 2.75) is 58.0 Å². The predicted molar refractivity (Wildman–Crippen MR) is 154 cm³/mol. The van der Waals surface area contributed by atoms with E-state index in [4.69, 9.17) is 14.5 Å². The Morgan fingerprint density at radius 3 is 2.83 bits per heavy atom. The molecule has 2 atom stereocenters. The van der Waals surface area contributed by atoms with Gasteiger partial charge in [-0.05, 0) is 75.3 Å². The van der Waals surface area contributed by atoms with Gasteiger partial charge >= 0.3 is 0 Å². The second kappa shape index (κ2) is 10.2. The molecule has 0 radical (unpaired) electrons. The molecule has 3 aromatic rings. The van der Waals surface area contributed by atoms with E-state index < -0.39 is 0 Å². The number of nitrogens with zero attached hydrogens (tertiary/aromatic N) is 5. The van der Waals surface area contributed by atoms with Crippen molar-refractivity contribution in [3.63, 3.8) is 0 Å². The first-order valence-electron chi connectivity index (χ1n) is 14.4. The highest BCUT2D eigenvalue weighted by Crippen LogP contribution is 2.41. The number of pyridine rings is 1. The van der Waals surface area contributed by atoms with Gasteiger partial charge < -0.3 is 25.0 Å². The van der Waals surface area contributed by atoms with Crippen LogP contribution in [0.15, 0.2) is 41.5 Å². The maximum absolute atomic E-state index is 13.6. The van der Waals surface area contributed by atoms with Gasteiger partial charge in [-0.1, -0.05) is 6.92 Å². The normalized spacial score (nSPS) is 24.0. The third-order valence-electron chi connectivity index (χ3n) is 7.99. The van der Waals surface area contributed by atoms with Crippen LogP contribution in [0, 0.1) is 12.8 Å². The number of fused-ring (bicyclic) bond motifs is 7. The van der Waals surface area contributed by atoms with Crippen molar-refractivity contribution in [3.05, 3.63) is 47.8 Å². The summed E-state index contributed by atoms with van der Waals surface area (Å²) in [4.78, 5) is 25.1. The van der Waals surface area contributed by atoms with Gasteiger partial charge in [0.05, 0.1) is 54.1 Å². The molecular formula is C30H35N7O3. The van der Waals surface area contributed by atoms with Crippen LogP contribution in [0.25, 0.3) is 11.3 Å². The smallest absolute Gasteiger partial charge is 0.280 e. The number of amides is 1. The molecule has 1 saturated carbocycles. The van der Waals surface area contributed by atoms with Gasteiger partial charge in [0.25, 0.3) is 5.91 Å². The Bertz CT molecular complexity index is 1470. The van der Waals surface area contributed by atoms with E-state index in [1.165, 1.54) is 0 Å². The van der Waals surface area contributed by atoms with Crippen LogP contribution >= 0.6 is 0 Å². The molecule has 10 nitrogen and oxygen atoms in total. The van der Waals surface area contributed by atoms with Crippen LogP contribution in [0.5, 0.6) is 5.88 Å². The van der Waals surface area contributed by atoms with Crippen molar-refractivity contribution in [3.8, 4) is 17.1 Å². The van der Waals surface area contributed by atoms with Crippen molar-refractivity contribution in [2.75, 3.05) is 41.9 Å². The van der Waals surface area contributed by atoms with Gasteiger partial charge in [-0.3, -0.25) is 9.78 Å². The maximum Gasteiger partial charge on any atom is 0.280 e. The number of hydrogen-bond acceptors (Lipinski definition) is 8.